The van der Waals surface area contributed by atoms with Gasteiger partial charge in [0, 0.05) is 3.57 Å². The molecule has 0 bridgehead atoms. The molecule has 0 spiro atoms. The third-order valence-corrected chi connectivity index (χ3v) is 3.34. The molecule has 1 rings (SSSR count). The van der Waals surface area contributed by atoms with E-state index in [4.69, 9.17) is 9.47 Å². The van der Waals surface area contributed by atoms with Crippen LogP contribution in [-0.4, -0.2) is 24.1 Å². The molecule has 0 N–H and O–H groups in total. The molecule has 1 aromatic carbocycles. The molecule has 0 aliphatic heterocycles. The average molecular weight is 404 g/mol. The second-order valence-corrected chi connectivity index (χ2v) is 6.60. The molecule has 0 saturated heterocycles. The summed E-state index contributed by atoms with van der Waals surface area (Å²) in [7, 11) is 0. The van der Waals surface area contributed by atoms with Crippen molar-refractivity contribution in [2.75, 3.05) is 0 Å². The zero-order valence-corrected chi connectivity index (χ0v) is 14.9. The predicted molar refractivity (Wildman–Crippen MR) is 88.8 cm³/mol. The van der Waals surface area contributed by atoms with Crippen LogP contribution in [0.25, 0.3) is 0 Å². The van der Waals surface area contributed by atoms with Crippen LogP contribution in [-0.2, 0) is 25.5 Å². The van der Waals surface area contributed by atoms with Crippen molar-refractivity contribution in [3.63, 3.8) is 0 Å². The predicted octanol–water partition coefficient (Wildman–Crippen LogP) is 3.35. The number of esters is 2. The summed E-state index contributed by atoms with van der Waals surface area (Å²) in [5, 5.41) is 0. The minimum Gasteiger partial charge on any atom is -0.462 e. The van der Waals surface area contributed by atoms with Gasteiger partial charge in [-0.2, -0.15) is 0 Å². The van der Waals surface area contributed by atoms with Crippen LogP contribution in [0.2, 0.25) is 0 Å². The molecule has 0 heterocycles. The van der Waals surface area contributed by atoms with Gasteiger partial charge in [-0.15, -0.1) is 0 Å². The Balaban J connectivity index is 2.87. The number of ether oxygens (including phenoxy) is 2. The molecule has 116 valence electrons. The molecule has 0 aromatic heterocycles. The Bertz CT molecular complexity index is 458. The summed E-state index contributed by atoms with van der Waals surface area (Å²) in [5.74, 6) is -1.99. The van der Waals surface area contributed by atoms with Crippen LogP contribution >= 0.6 is 22.6 Å². The van der Waals surface area contributed by atoms with Crippen molar-refractivity contribution in [2.45, 2.75) is 46.3 Å². The highest BCUT2D eigenvalue weighted by atomic mass is 127. The van der Waals surface area contributed by atoms with Gasteiger partial charge < -0.3 is 9.47 Å². The van der Waals surface area contributed by atoms with Crippen molar-refractivity contribution < 1.29 is 19.1 Å². The first-order valence-electron chi connectivity index (χ1n) is 6.95. The Morgan fingerprint density at radius 3 is 1.76 bits per heavy atom. The first-order chi connectivity index (χ1) is 9.79. The molecule has 21 heavy (non-hydrogen) atoms. The number of halogens is 1. The van der Waals surface area contributed by atoms with Gasteiger partial charge in [0.2, 0.25) is 0 Å². The van der Waals surface area contributed by atoms with E-state index in [2.05, 4.69) is 22.6 Å². The number of benzene rings is 1. The fourth-order valence-electron chi connectivity index (χ4n) is 1.75. The van der Waals surface area contributed by atoms with Crippen LogP contribution in [0.4, 0.5) is 0 Å². The van der Waals surface area contributed by atoms with Crippen LogP contribution in [0.5, 0.6) is 0 Å². The van der Waals surface area contributed by atoms with Gasteiger partial charge in [-0.05, 0) is 74.4 Å². The quantitative estimate of drug-likeness (QED) is 0.415. The number of hydrogen-bond acceptors (Lipinski definition) is 4. The van der Waals surface area contributed by atoms with Gasteiger partial charge in [0.05, 0.1) is 12.2 Å². The number of carbonyl (C=O) groups is 2. The minimum absolute atomic E-state index is 0.261. The van der Waals surface area contributed by atoms with E-state index >= 15 is 0 Å². The van der Waals surface area contributed by atoms with Crippen molar-refractivity contribution in [1.82, 2.24) is 0 Å². The van der Waals surface area contributed by atoms with Gasteiger partial charge in [-0.1, -0.05) is 12.1 Å². The van der Waals surface area contributed by atoms with E-state index in [1.807, 2.05) is 24.3 Å². The maximum Gasteiger partial charge on any atom is 0.320 e. The minimum atomic E-state index is -0.921. The second kappa shape index (κ2) is 8.36. The van der Waals surface area contributed by atoms with Crippen molar-refractivity contribution in [3.8, 4) is 0 Å². The molecule has 5 heteroatoms. The summed E-state index contributed by atoms with van der Waals surface area (Å²) in [4.78, 5) is 24.2. The van der Waals surface area contributed by atoms with E-state index in [-0.39, 0.29) is 18.6 Å². The SMILES string of the molecule is CC(C)OC(=O)C(Cc1ccc(I)cc1)C(=O)OC(C)C. The molecule has 0 atom stereocenters. The highest BCUT2D eigenvalue weighted by Crippen LogP contribution is 2.16. The van der Waals surface area contributed by atoms with Gasteiger partial charge in [0.25, 0.3) is 0 Å². The summed E-state index contributed by atoms with van der Waals surface area (Å²) < 4.78 is 11.4. The normalized spacial score (nSPS) is 11.0. The lowest BCUT2D eigenvalue weighted by atomic mass is 9.99. The van der Waals surface area contributed by atoms with Crippen LogP contribution < -0.4 is 0 Å². The Kier molecular flexibility index (Phi) is 7.14. The number of rotatable bonds is 6. The second-order valence-electron chi connectivity index (χ2n) is 5.35. The molecule has 0 aliphatic rings. The summed E-state index contributed by atoms with van der Waals surface area (Å²) in [5.41, 5.74) is 0.904. The standard InChI is InChI=1S/C16H21IO4/c1-10(2)20-15(18)14(16(19)21-11(3)4)9-12-5-7-13(17)8-6-12/h5-8,10-11,14H,9H2,1-4H3. The maximum atomic E-state index is 12.1. The molecular weight excluding hydrogens is 383 g/mol. The van der Waals surface area contributed by atoms with Gasteiger partial charge in [-0.3, -0.25) is 9.59 Å². The third kappa shape index (κ3) is 6.46. The Hall–Kier alpha value is -1.11. The van der Waals surface area contributed by atoms with E-state index in [1.165, 1.54) is 0 Å². The van der Waals surface area contributed by atoms with Gasteiger partial charge >= 0.3 is 11.9 Å². The Morgan fingerprint density at radius 2 is 1.38 bits per heavy atom. The lowest BCUT2D eigenvalue weighted by Crippen LogP contribution is -2.32. The molecule has 0 saturated carbocycles. The van der Waals surface area contributed by atoms with Crippen molar-refractivity contribution >= 4 is 34.5 Å². The molecule has 0 unspecified atom stereocenters. The van der Waals surface area contributed by atoms with E-state index in [1.54, 1.807) is 27.7 Å². The third-order valence-electron chi connectivity index (χ3n) is 2.63. The Labute approximate surface area is 139 Å². The molecule has 0 fully saturated rings. The van der Waals surface area contributed by atoms with Gasteiger partial charge in [-0.25, -0.2) is 0 Å². The largest absolute Gasteiger partial charge is 0.462 e. The zero-order valence-electron chi connectivity index (χ0n) is 12.8. The van der Waals surface area contributed by atoms with Crippen LogP contribution in [0.15, 0.2) is 24.3 Å². The molecule has 0 amide bonds. The van der Waals surface area contributed by atoms with Crippen molar-refractivity contribution in [3.05, 3.63) is 33.4 Å². The molecule has 4 nitrogen and oxygen atoms in total. The number of hydrogen-bond donors (Lipinski definition) is 0. The van der Waals surface area contributed by atoms with Crippen molar-refractivity contribution in [2.24, 2.45) is 5.92 Å². The first kappa shape index (κ1) is 17.9. The molecule has 1 aromatic rings. The molecule has 0 radical (unpaired) electrons. The number of carbonyl (C=O) groups excluding carboxylic acids is 2. The molecule has 0 aliphatic carbocycles. The highest BCUT2D eigenvalue weighted by Gasteiger charge is 2.31. The fraction of sp³-hybridized carbons (Fsp3) is 0.500. The summed E-state index contributed by atoms with van der Waals surface area (Å²) in [6.45, 7) is 7.03. The van der Waals surface area contributed by atoms with Crippen LogP contribution in [0.1, 0.15) is 33.3 Å². The highest BCUT2D eigenvalue weighted by molar-refractivity contribution is 14.1. The monoisotopic (exact) mass is 404 g/mol. The Morgan fingerprint density at radius 1 is 0.952 bits per heavy atom. The molecular formula is C16H21IO4. The van der Waals surface area contributed by atoms with E-state index in [0.29, 0.717) is 0 Å². The van der Waals surface area contributed by atoms with Gasteiger partial charge in [0.1, 0.15) is 0 Å². The van der Waals surface area contributed by atoms with E-state index < -0.39 is 17.9 Å². The van der Waals surface area contributed by atoms with Crippen LogP contribution in [0.3, 0.4) is 0 Å². The fourth-order valence-corrected chi connectivity index (χ4v) is 2.11. The zero-order chi connectivity index (χ0) is 16.0. The topological polar surface area (TPSA) is 52.6 Å². The van der Waals surface area contributed by atoms with E-state index in [0.717, 1.165) is 9.13 Å². The lowest BCUT2D eigenvalue weighted by Gasteiger charge is -2.18. The average Bonchev–Trinajstić information content (AvgIpc) is 2.36. The van der Waals surface area contributed by atoms with Crippen molar-refractivity contribution in [1.29, 1.82) is 0 Å². The van der Waals surface area contributed by atoms with Crippen LogP contribution in [0, 0.1) is 9.49 Å². The van der Waals surface area contributed by atoms with E-state index in [9.17, 15) is 9.59 Å². The lowest BCUT2D eigenvalue weighted by molar-refractivity contribution is -0.166. The van der Waals surface area contributed by atoms with Gasteiger partial charge in [0.15, 0.2) is 5.92 Å². The maximum absolute atomic E-state index is 12.1. The summed E-state index contributed by atoms with van der Waals surface area (Å²) in [6, 6.07) is 7.68. The summed E-state index contributed by atoms with van der Waals surface area (Å²) >= 11 is 2.21. The first-order valence-corrected chi connectivity index (χ1v) is 8.03. The summed E-state index contributed by atoms with van der Waals surface area (Å²) in [6.07, 6.45) is -0.235. The smallest absolute Gasteiger partial charge is 0.320 e.